The zero-order chi connectivity index (χ0) is 18.8. The first-order valence-electron chi connectivity index (χ1n) is 9.03. The summed E-state index contributed by atoms with van der Waals surface area (Å²) < 4.78 is 0. The van der Waals surface area contributed by atoms with E-state index < -0.39 is 0 Å². The first kappa shape index (κ1) is 17.5. The van der Waals surface area contributed by atoms with Crippen molar-refractivity contribution in [2.45, 2.75) is 26.3 Å². The highest BCUT2D eigenvalue weighted by Crippen LogP contribution is 2.35. The van der Waals surface area contributed by atoms with Crippen LogP contribution in [0.25, 0.3) is 0 Å². The molecule has 0 N–H and O–H groups in total. The fourth-order valence-electron chi connectivity index (χ4n) is 3.63. The summed E-state index contributed by atoms with van der Waals surface area (Å²) in [7, 11) is 0. The number of aryl methyl sites for hydroxylation is 1. The van der Waals surface area contributed by atoms with Crippen LogP contribution in [0.1, 0.15) is 50.7 Å². The molecule has 3 nitrogen and oxygen atoms in total. The summed E-state index contributed by atoms with van der Waals surface area (Å²) in [4.78, 5) is 18.1. The van der Waals surface area contributed by atoms with Crippen molar-refractivity contribution < 1.29 is 4.79 Å². The highest BCUT2D eigenvalue weighted by Gasteiger charge is 2.25. The van der Waals surface area contributed by atoms with Crippen LogP contribution in [-0.2, 0) is 6.42 Å². The lowest BCUT2D eigenvalue weighted by molar-refractivity contribution is 0.112. The van der Waals surface area contributed by atoms with Crippen molar-refractivity contribution in [1.82, 2.24) is 4.98 Å². The molecule has 0 saturated heterocycles. The van der Waals surface area contributed by atoms with Gasteiger partial charge in [-0.1, -0.05) is 30.2 Å². The van der Waals surface area contributed by atoms with Gasteiger partial charge in [0.2, 0.25) is 0 Å². The molecule has 4 rings (SSSR count). The van der Waals surface area contributed by atoms with Gasteiger partial charge >= 0.3 is 0 Å². The van der Waals surface area contributed by atoms with E-state index in [1.807, 2.05) is 30.5 Å². The molecule has 0 aliphatic carbocycles. The average Bonchev–Trinajstić information content (AvgIpc) is 3.12. The number of hydrogen-bond donors (Lipinski definition) is 0. The molecule has 134 valence electrons. The summed E-state index contributed by atoms with van der Waals surface area (Å²) in [5, 5.41) is 2.97. The Bertz CT molecular complexity index is 1060. The zero-order valence-electron chi connectivity index (χ0n) is 15.4. The lowest BCUT2D eigenvalue weighted by atomic mass is 9.92. The molecule has 4 heteroatoms. The molecule has 0 bridgehead atoms. The van der Waals surface area contributed by atoms with E-state index in [9.17, 15) is 4.79 Å². The van der Waals surface area contributed by atoms with Gasteiger partial charge in [0.05, 0.1) is 16.7 Å². The van der Waals surface area contributed by atoms with Gasteiger partial charge in [-0.2, -0.15) is 0 Å². The van der Waals surface area contributed by atoms with E-state index in [-0.39, 0.29) is 6.04 Å². The summed E-state index contributed by atoms with van der Waals surface area (Å²) in [6.07, 6.45) is 1.88. The average molecular weight is 372 g/mol. The van der Waals surface area contributed by atoms with Gasteiger partial charge in [0, 0.05) is 23.1 Å². The molecular weight excluding hydrogens is 352 g/mol. The van der Waals surface area contributed by atoms with E-state index in [4.69, 9.17) is 0 Å². The molecule has 1 aromatic heterocycles. The number of hydrogen-bond acceptors (Lipinski definition) is 4. The number of rotatable bonds is 2. The van der Waals surface area contributed by atoms with Crippen LogP contribution in [0, 0.1) is 18.8 Å². The van der Waals surface area contributed by atoms with E-state index >= 15 is 0 Å². The molecule has 1 unspecified atom stereocenters. The first-order valence-corrected chi connectivity index (χ1v) is 9.91. The molecule has 0 fully saturated rings. The number of aldehydes is 1. The van der Waals surface area contributed by atoms with Crippen molar-refractivity contribution in [1.29, 1.82) is 0 Å². The maximum Gasteiger partial charge on any atom is 0.150 e. The summed E-state index contributed by atoms with van der Waals surface area (Å²) in [5.41, 5.74) is 6.13. The predicted octanol–water partition coefficient (Wildman–Crippen LogP) is 4.79. The molecule has 1 aliphatic rings. The highest BCUT2D eigenvalue weighted by molar-refractivity contribution is 7.09. The Hall–Kier alpha value is -2.90. The standard InChI is InChI=1S/C23H20N2OS/c1-16-22-6-4-3-5-19(22)11-12-25(16)23-10-7-18(14-26)13-20(23)8-9-21-15-27-17(2)24-21/h3-7,10,13-16H,11-12H2,1-2H3. The largest absolute Gasteiger partial charge is 0.363 e. The highest BCUT2D eigenvalue weighted by atomic mass is 32.1. The van der Waals surface area contributed by atoms with Crippen LogP contribution in [0.5, 0.6) is 0 Å². The number of anilines is 1. The Morgan fingerprint density at radius 2 is 2.07 bits per heavy atom. The normalized spacial score (nSPS) is 15.6. The first-order chi connectivity index (χ1) is 13.2. The molecule has 1 atom stereocenters. The third-order valence-electron chi connectivity index (χ3n) is 5.01. The Labute approximate surface area is 163 Å². The lowest BCUT2D eigenvalue weighted by Crippen LogP contribution is -2.34. The van der Waals surface area contributed by atoms with Gasteiger partial charge in [0.15, 0.2) is 0 Å². The van der Waals surface area contributed by atoms with E-state index in [0.717, 1.165) is 41.2 Å². The van der Waals surface area contributed by atoms with Crippen molar-refractivity contribution in [3.8, 4) is 11.8 Å². The molecular formula is C23H20N2OS. The number of aromatic nitrogens is 1. The van der Waals surface area contributed by atoms with E-state index in [1.165, 1.54) is 11.1 Å². The van der Waals surface area contributed by atoms with Gasteiger partial charge in [0.1, 0.15) is 12.0 Å². The Morgan fingerprint density at radius 3 is 2.85 bits per heavy atom. The maximum absolute atomic E-state index is 11.3. The number of nitrogens with zero attached hydrogens (tertiary/aromatic N) is 2. The van der Waals surface area contributed by atoms with Crippen LogP contribution in [-0.4, -0.2) is 17.8 Å². The van der Waals surface area contributed by atoms with Gasteiger partial charge in [-0.05, 0) is 55.5 Å². The van der Waals surface area contributed by atoms with Crippen LogP contribution in [0.2, 0.25) is 0 Å². The van der Waals surface area contributed by atoms with Crippen LogP contribution in [0.4, 0.5) is 5.69 Å². The Kier molecular flexibility index (Phi) is 4.79. The molecule has 3 aromatic rings. The van der Waals surface area contributed by atoms with Crippen LogP contribution in [0.3, 0.4) is 0 Å². The number of fused-ring (bicyclic) bond motifs is 1. The second-order valence-electron chi connectivity index (χ2n) is 6.71. The molecule has 1 aliphatic heterocycles. The minimum absolute atomic E-state index is 0.263. The van der Waals surface area contributed by atoms with Gasteiger partial charge < -0.3 is 4.90 Å². The number of carbonyl (C=O) groups excluding carboxylic acids is 1. The molecule has 0 radical (unpaired) electrons. The minimum Gasteiger partial charge on any atom is -0.363 e. The van der Waals surface area contributed by atoms with Gasteiger partial charge in [-0.15, -0.1) is 11.3 Å². The number of benzene rings is 2. The Morgan fingerprint density at radius 1 is 1.22 bits per heavy atom. The predicted molar refractivity (Wildman–Crippen MR) is 111 cm³/mol. The summed E-state index contributed by atoms with van der Waals surface area (Å²) in [6, 6.07) is 14.6. The summed E-state index contributed by atoms with van der Waals surface area (Å²) in [5.74, 6) is 6.41. The lowest BCUT2D eigenvalue weighted by Gasteiger charge is -2.37. The SMILES string of the molecule is Cc1nc(C#Cc2cc(C=O)ccc2N2CCc3ccccc3C2C)cs1. The summed E-state index contributed by atoms with van der Waals surface area (Å²) in [6.45, 7) is 5.14. The molecule has 2 aromatic carbocycles. The Balaban J connectivity index is 1.75. The fraction of sp³-hybridized carbons (Fsp3) is 0.217. The van der Waals surface area contributed by atoms with E-state index in [2.05, 4.69) is 52.9 Å². The quantitative estimate of drug-likeness (QED) is 0.479. The smallest absolute Gasteiger partial charge is 0.150 e. The molecule has 27 heavy (non-hydrogen) atoms. The zero-order valence-corrected chi connectivity index (χ0v) is 16.2. The molecule has 0 spiro atoms. The van der Waals surface area contributed by atoms with Crippen molar-refractivity contribution in [3.63, 3.8) is 0 Å². The third-order valence-corrected chi connectivity index (χ3v) is 5.78. The second kappa shape index (κ2) is 7.38. The molecule has 0 saturated carbocycles. The molecule has 0 amide bonds. The number of thiazole rings is 1. The second-order valence-corrected chi connectivity index (χ2v) is 7.78. The monoisotopic (exact) mass is 372 g/mol. The van der Waals surface area contributed by atoms with Crippen molar-refractivity contribution in [2.24, 2.45) is 0 Å². The summed E-state index contributed by atoms with van der Waals surface area (Å²) >= 11 is 1.59. The van der Waals surface area contributed by atoms with Crippen LogP contribution >= 0.6 is 11.3 Å². The van der Waals surface area contributed by atoms with Crippen LogP contribution in [0.15, 0.2) is 47.8 Å². The maximum atomic E-state index is 11.3. The third kappa shape index (κ3) is 3.51. The van der Waals surface area contributed by atoms with Gasteiger partial charge in [0.25, 0.3) is 0 Å². The van der Waals surface area contributed by atoms with Crippen molar-refractivity contribution in [2.75, 3.05) is 11.4 Å². The van der Waals surface area contributed by atoms with Crippen molar-refractivity contribution >= 4 is 23.3 Å². The van der Waals surface area contributed by atoms with Crippen molar-refractivity contribution in [3.05, 3.63) is 80.8 Å². The van der Waals surface area contributed by atoms with E-state index in [0.29, 0.717) is 5.56 Å². The van der Waals surface area contributed by atoms with Gasteiger partial charge in [-0.25, -0.2) is 4.98 Å². The topological polar surface area (TPSA) is 33.2 Å². The molecule has 2 heterocycles. The number of carbonyl (C=O) groups is 1. The van der Waals surface area contributed by atoms with E-state index in [1.54, 1.807) is 11.3 Å². The van der Waals surface area contributed by atoms with Gasteiger partial charge in [-0.3, -0.25) is 4.79 Å². The fourth-order valence-corrected chi connectivity index (χ4v) is 4.18. The minimum atomic E-state index is 0.263. The van der Waals surface area contributed by atoms with Crippen LogP contribution < -0.4 is 4.90 Å².